The highest BCUT2D eigenvalue weighted by Crippen LogP contribution is 2.29. The predicted octanol–water partition coefficient (Wildman–Crippen LogP) is 4.33. The molecule has 7 nitrogen and oxygen atoms in total. The van der Waals surface area contributed by atoms with Crippen LogP contribution in [0.3, 0.4) is 0 Å². The van der Waals surface area contributed by atoms with E-state index in [-0.39, 0.29) is 17.7 Å². The minimum Gasteiger partial charge on any atom is -0.339 e. The van der Waals surface area contributed by atoms with Crippen LogP contribution >= 0.6 is 0 Å². The Hall–Kier alpha value is -3.48. The molecular formula is C24H26N4O3. The summed E-state index contributed by atoms with van der Waals surface area (Å²) >= 11 is 0. The molecule has 1 aliphatic rings. The van der Waals surface area contributed by atoms with Crippen LogP contribution < -0.4 is 5.32 Å². The van der Waals surface area contributed by atoms with E-state index in [0.29, 0.717) is 23.9 Å². The number of nitrogens with zero attached hydrogens (tertiary/aromatic N) is 3. The third-order valence-electron chi connectivity index (χ3n) is 5.43. The number of benzene rings is 2. The molecule has 0 radical (unpaired) electrons. The minimum atomic E-state index is -0.119. The molecule has 1 aliphatic heterocycles. The van der Waals surface area contributed by atoms with Crippen molar-refractivity contribution in [2.24, 2.45) is 0 Å². The first-order chi connectivity index (χ1) is 14.9. The second-order valence-electron chi connectivity index (χ2n) is 8.18. The number of piperidine rings is 1. The lowest BCUT2D eigenvalue weighted by Crippen LogP contribution is -2.39. The van der Waals surface area contributed by atoms with Gasteiger partial charge in [0.25, 0.3) is 5.91 Å². The summed E-state index contributed by atoms with van der Waals surface area (Å²) in [6, 6.07) is 13.2. The van der Waals surface area contributed by atoms with Gasteiger partial charge in [-0.2, -0.15) is 4.98 Å². The van der Waals surface area contributed by atoms with Crippen LogP contribution in [0.4, 0.5) is 5.69 Å². The fraction of sp³-hybridized carbons (Fsp3) is 0.333. The van der Waals surface area contributed by atoms with E-state index < -0.39 is 0 Å². The molecule has 2 amide bonds. The molecule has 0 aliphatic carbocycles. The molecule has 2 heterocycles. The van der Waals surface area contributed by atoms with Gasteiger partial charge in [-0.15, -0.1) is 0 Å². The van der Waals surface area contributed by atoms with Crippen molar-refractivity contribution < 1.29 is 14.1 Å². The van der Waals surface area contributed by atoms with Crippen molar-refractivity contribution in [1.82, 2.24) is 15.0 Å². The molecule has 1 N–H and O–H groups in total. The summed E-state index contributed by atoms with van der Waals surface area (Å²) in [6.45, 7) is 6.78. The minimum absolute atomic E-state index is 0.0171. The van der Waals surface area contributed by atoms with Crippen LogP contribution in [0.1, 0.15) is 53.1 Å². The van der Waals surface area contributed by atoms with Gasteiger partial charge in [0.15, 0.2) is 0 Å². The third-order valence-corrected chi connectivity index (χ3v) is 5.43. The monoisotopic (exact) mass is 418 g/mol. The lowest BCUT2D eigenvalue weighted by molar-refractivity contribution is -0.114. The van der Waals surface area contributed by atoms with Gasteiger partial charge in [0.1, 0.15) is 0 Å². The molecule has 2 aromatic carbocycles. The van der Waals surface area contributed by atoms with Gasteiger partial charge in [-0.25, -0.2) is 0 Å². The van der Waals surface area contributed by atoms with E-state index in [1.165, 1.54) is 6.92 Å². The number of nitrogens with one attached hydrogen (secondary N) is 1. The average molecular weight is 418 g/mol. The third kappa shape index (κ3) is 4.82. The first-order valence-corrected chi connectivity index (χ1v) is 10.5. The molecule has 31 heavy (non-hydrogen) atoms. The maximum Gasteiger partial charge on any atom is 0.253 e. The maximum atomic E-state index is 13.0. The Labute approximate surface area is 181 Å². The second kappa shape index (κ2) is 8.71. The number of rotatable bonds is 4. The summed E-state index contributed by atoms with van der Waals surface area (Å²) < 4.78 is 5.56. The van der Waals surface area contributed by atoms with E-state index in [1.54, 1.807) is 12.1 Å². The molecule has 1 atom stereocenters. The van der Waals surface area contributed by atoms with E-state index in [9.17, 15) is 9.59 Å². The van der Waals surface area contributed by atoms with Crippen molar-refractivity contribution in [3.8, 4) is 11.4 Å². The highest BCUT2D eigenvalue weighted by molar-refractivity contribution is 5.94. The molecule has 1 saturated heterocycles. The summed E-state index contributed by atoms with van der Waals surface area (Å²) in [4.78, 5) is 30.7. The summed E-state index contributed by atoms with van der Waals surface area (Å²) in [7, 11) is 0. The predicted molar refractivity (Wildman–Crippen MR) is 118 cm³/mol. The average Bonchev–Trinajstić information content (AvgIpc) is 3.23. The Morgan fingerprint density at radius 1 is 1.10 bits per heavy atom. The van der Waals surface area contributed by atoms with Gasteiger partial charge in [-0.3, -0.25) is 9.59 Å². The lowest BCUT2D eigenvalue weighted by Gasteiger charge is -2.31. The largest absolute Gasteiger partial charge is 0.339 e. The number of hydrogen-bond donors (Lipinski definition) is 1. The first-order valence-electron chi connectivity index (χ1n) is 10.5. The molecule has 1 fully saturated rings. The molecule has 0 saturated carbocycles. The zero-order valence-corrected chi connectivity index (χ0v) is 18.0. The fourth-order valence-corrected chi connectivity index (χ4v) is 4.07. The second-order valence-corrected chi connectivity index (χ2v) is 8.18. The number of aromatic nitrogens is 2. The van der Waals surface area contributed by atoms with Crippen molar-refractivity contribution in [3.05, 3.63) is 65.0 Å². The molecule has 0 spiro atoms. The Morgan fingerprint density at radius 2 is 1.81 bits per heavy atom. The van der Waals surface area contributed by atoms with Crippen LogP contribution in [0, 0.1) is 13.8 Å². The van der Waals surface area contributed by atoms with Crippen molar-refractivity contribution in [2.45, 2.75) is 39.5 Å². The molecule has 4 rings (SSSR count). The van der Waals surface area contributed by atoms with Gasteiger partial charge < -0.3 is 14.7 Å². The van der Waals surface area contributed by atoms with Crippen molar-refractivity contribution in [2.75, 3.05) is 18.4 Å². The van der Waals surface area contributed by atoms with Crippen LogP contribution in [-0.4, -0.2) is 39.9 Å². The molecule has 7 heteroatoms. The van der Waals surface area contributed by atoms with Gasteiger partial charge in [0, 0.05) is 36.8 Å². The Bertz CT molecular complexity index is 1080. The van der Waals surface area contributed by atoms with Crippen molar-refractivity contribution >= 4 is 17.5 Å². The maximum absolute atomic E-state index is 13.0. The molecule has 0 bridgehead atoms. The van der Waals surface area contributed by atoms with E-state index >= 15 is 0 Å². The van der Waals surface area contributed by atoms with Crippen molar-refractivity contribution in [3.63, 3.8) is 0 Å². The van der Waals surface area contributed by atoms with Gasteiger partial charge in [-0.1, -0.05) is 22.3 Å². The Kier molecular flexibility index (Phi) is 5.84. The smallest absolute Gasteiger partial charge is 0.253 e. The SMILES string of the molecule is CC(=O)Nc1ccc(-c2noc([C@@H]3CCCN(C(=O)c4cc(C)cc(C)c4)C3)n2)cc1. The van der Waals surface area contributed by atoms with E-state index in [2.05, 4.69) is 21.5 Å². The number of hydrogen-bond acceptors (Lipinski definition) is 5. The topological polar surface area (TPSA) is 88.3 Å². The Morgan fingerprint density at radius 3 is 2.48 bits per heavy atom. The van der Waals surface area contributed by atoms with Crippen molar-refractivity contribution in [1.29, 1.82) is 0 Å². The Balaban J connectivity index is 1.47. The van der Waals surface area contributed by atoms with Crippen LogP contribution in [0.25, 0.3) is 11.4 Å². The van der Waals surface area contributed by atoms with Gasteiger partial charge in [-0.05, 0) is 63.1 Å². The number of likely N-dealkylation sites (tertiary alicyclic amines) is 1. The summed E-state index contributed by atoms with van der Waals surface area (Å²) in [5.74, 6) is 1.00. The molecule has 1 aromatic heterocycles. The summed E-state index contributed by atoms with van der Waals surface area (Å²) in [5, 5.41) is 6.86. The molecule has 0 unspecified atom stereocenters. The standard InChI is InChI=1S/C24H26N4O3/c1-15-11-16(2)13-20(12-15)24(30)28-10-4-5-19(14-28)23-26-22(27-31-23)18-6-8-21(9-7-18)25-17(3)29/h6-9,11-13,19H,4-5,10,14H2,1-3H3,(H,25,29)/t19-/m1/s1. The zero-order valence-electron chi connectivity index (χ0n) is 18.0. The van der Waals surface area contributed by atoms with Crippen LogP contribution in [0.15, 0.2) is 47.0 Å². The number of amides is 2. The highest BCUT2D eigenvalue weighted by Gasteiger charge is 2.29. The molecule has 160 valence electrons. The van der Waals surface area contributed by atoms with E-state index in [0.717, 1.165) is 41.6 Å². The van der Waals surface area contributed by atoms with Gasteiger partial charge in [0.2, 0.25) is 17.6 Å². The number of carbonyl (C=O) groups is 2. The van der Waals surface area contributed by atoms with E-state index in [4.69, 9.17) is 4.52 Å². The van der Waals surface area contributed by atoms with Gasteiger partial charge >= 0.3 is 0 Å². The zero-order chi connectivity index (χ0) is 22.0. The van der Waals surface area contributed by atoms with Crippen LogP contribution in [0.2, 0.25) is 0 Å². The van der Waals surface area contributed by atoms with Crippen LogP contribution in [-0.2, 0) is 4.79 Å². The quantitative estimate of drug-likeness (QED) is 0.681. The first kappa shape index (κ1) is 20.8. The lowest BCUT2D eigenvalue weighted by atomic mass is 9.96. The van der Waals surface area contributed by atoms with E-state index in [1.807, 2.05) is 43.0 Å². The number of anilines is 1. The summed E-state index contributed by atoms with van der Waals surface area (Å²) in [5.41, 5.74) is 4.42. The summed E-state index contributed by atoms with van der Waals surface area (Å²) in [6.07, 6.45) is 1.80. The molecule has 3 aromatic rings. The highest BCUT2D eigenvalue weighted by atomic mass is 16.5. The van der Waals surface area contributed by atoms with Gasteiger partial charge in [0.05, 0.1) is 5.92 Å². The fourth-order valence-electron chi connectivity index (χ4n) is 4.07. The van der Waals surface area contributed by atoms with Crippen LogP contribution in [0.5, 0.6) is 0 Å². The number of carbonyl (C=O) groups excluding carboxylic acids is 2. The molecular weight excluding hydrogens is 392 g/mol. The number of aryl methyl sites for hydroxylation is 2. The normalized spacial score (nSPS) is 16.2.